The van der Waals surface area contributed by atoms with Crippen molar-refractivity contribution in [1.82, 2.24) is 9.96 Å². The van der Waals surface area contributed by atoms with E-state index in [-0.39, 0.29) is 0 Å². The maximum Gasteiger partial charge on any atom is 0.0249 e. The summed E-state index contributed by atoms with van der Waals surface area (Å²) in [5.74, 6) is 0. The molecule has 1 aliphatic heterocycles. The Bertz CT molecular complexity index is 128. The van der Waals surface area contributed by atoms with Crippen LogP contribution in [0.1, 0.15) is 25.7 Å². The quantitative estimate of drug-likeness (QED) is 0.648. The summed E-state index contributed by atoms with van der Waals surface area (Å²) in [5.41, 5.74) is 0. The predicted molar refractivity (Wildman–Crippen MR) is 49.3 cm³/mol. The van der Waals surface area contributed by atoms with E-state index in [9.17, 15) is 0 Å². The van der Waals surface area contributed by atoms with Gasteiger partial charge in [0.2, 0.25) is 0 Å². The minimum absolute atomic E-state index is 0.688. The van der Waals surface area contributed by atoms with E-state index in [2.05, 4.69) is 11.9 Å². The molecule has 0 amide bonds. The zero-order valence-corrected chi connectivity index (χ0v) is 8.16. The lowest BCUT2D eigenvalue weighted by Crippen LogP contribution is -2.38. The Kier molecular flexibility index (Phi) is 3.98. The Hall–Kier alpha value is -0.120. The second kappa shape index (κ2) is 4.80. The fourth-order valence-electron chi connectivity index (χ4n) is 1.84. The summed E-state index contributed by atoms with van der Waals surface area (Å²) in [4.78, 5) is 2.41. The predicted octanol–water partition coefficient (Wildman–Crippen LogP) is 1.18. The van der Waals surface area contributed by atoms with Crippen LogP contribution in [0.25, 0.3) is 0 Å². The first-order chi connectivity index (χ1) is 5.70. The highest BCUT2D eigenvalue weighted by Gasteiger charge is 2.18. The van der Waals surface area contributed by atoms with Crippen LogP contribution in [0.4, 0.5) is 0 Å². The molecule has 1 saturated heterocycles. The molecule has 0 aliphatic carbocycles. The van der Waals surface area contributed by atoms with Crippen LogP contribution in [0.3, 0.4) is 0 Å². The van der Waals surface area contributed by atoms with Crippen LogP contribution in [-0.4, -0.2) is 48.4 Å². The molecule has 12 heavy (non-hydrogen) atoms. The van der Waals surface area contributed by atoms with Crippen LogP contribution in [0, 0.1) is 0 Å². The van der Waals surface area contributed by atoms with E-state index in [4.69, 9.17) is 5.21 Å². The first-order valence-electron chi connectivity index (χ1n) is 4.80. The van der Waals surface area contributed by atoms with Crippen molar-refractivity contribution in [2.24, 2.45) is 0 Å². The summed E-state index contributed by atoms with van der Waals surface area (Å²) in [5, 5.41) is 10.3. The van der Waals surface area contributed by atoms with E-state index < -0.39 is 0 Å². The van der Waals surface area contributed by atoms with Crippen LogP contribution in [0.5, 0.6) is 0 Å². The molecule has 3 heteroatoms. The monoisotopic (exact) mass is 172 g/mol. The first kappa shape index (κ1) is 9.96. The summed E-state index contributed by atoms with van der Waals surface area (Å²) in [6.07, 6.45) is 5.07. The summed E-state index contributed by atoms with van der Waals surface area (Å²) in [6, 6.07) is 0.688. The van der Waals surface area contributed by atoms with Gasteiger partial charge in [0.1, 0.15) is 0 Å². The third kappa shape index (κ3) is 3.09. The highest BCUT2D eigenvalue weighted by atomic mass is 16.5. The Morgan fingerprint density at radius 1 is 1.50 bits per heavy atom. The van der Waals surface area contributed by atoms with Gasteiger partial charge in [0.05, 0.1) is 0 Å². The molecule has 0 aromatic rings. The number of rotatable bonds is 3. The molecule has 0 saturated carbocycles. The van der Waals surface area contributed by atoms with Gasteiger partial charge in [0, 0.05) is 19.6 Å². The van der Waals surface area contributed by atoms with Crippen LogP contribution in [0.2, 0.25) is 0 Å². The van der Waals surface area contributed by atoms with Crippen LogP contribution >= 0.6 is 0 Å². The number of hydroxylamine groups is 2. The summed E-state index contributed by atoms with van der Waals surface area (Å²) >= 11 is 0. The van der Waals surface area contributed by atoms with Gasteiger partial charge in [-0.15, -0.1) is 0 Å². The van der Waals surface area contributed by atoms with Crippen LogP contribution in [0.15, 0.2) is 0 Å². The van der Waals surface area contributed by atoms with Crippen molar-refractivity contribution in [2.75, 3.05) is 27.2 Å². The molecule has 3 nitrogen and oxygen atoms in total. The molecule has 0 radical (unpaired) electrons. The lowest BCUT2D eigenvalue weighted by Gasteiger charge is -2.32. The Labute approximate surface area is 74.9 Å². The second-order valence-electron chi connectivity index (χ2n) is 3.80. The number of hydrogen-bond donors (Lipinski definition) is 1. The molecule has 0 aromatic heterocycles. The Morgan fingerprint density at radius 2 is 2.25 bits per heavy atom. The van der Waals surface area contributed by atoms with E-state index in [1.54, 1.807) is 7.05 Å². The highest BCUT2D eigenvalue weighted by molar-refractivity contribution is 4.74. The molecule has 1 rings (SSSR count). The maximum atomic E-state index is 8.98. The highest BCUT2D eigenvalue weighted by Crippen LogP contribution is 2.17. The average Bonchev–Trinajstić information content (AvgIpc) is 2.03. The molecule has 1 fully saturated rings. The molecule has 1 unspecified atom stereocenters. The molecule has 72 valence electrons. The fourth-order valence-corrected chi connectivity index (χ4v) is 1.84. The zero-order chi connectivity index (χ0) is 8.97. The number of nitrogens with zero attached hydrogens (tertiary/aromatic N) is 2. The van der Waals surface area contributed by atoms with Gasteiger partial charge < -0.3 is 10.1 Å². The normalized spacial score (nSPS) is 26.5. The average molecular weight is 172 g/mol. The van der Waals surface area contributed by atoms with E-state index >= 15 is 0 Å². The minimum atomic E-state index is 0.688. The number of hydrogen-bond acceptors (Lipinski definition) is 3. The molecular formula is C9H20N2O. The van der Waals surface area contributed by atoms with Crippen molar-refractivity contribution in [2.45, 2.75) is 31.7 Å². The summed E-state index contributed by atoms with van der Waals surface area (Å²) in [7, 11) is 3.89. The van der Waals surface area contributed by atoms with Gasteiger partial charge in [0.25, 0.3) is 0 Å². The van der Waals surface area contributed by atoms with Gasteiger partial charge >= 0.3 is 0 Å². The molecule has 0 bridgehead atoms. The minimum Gasteiger partial charge on any atom is -0.314 e. The zero-order valence-electron chi connectivity index (χ0n) is 8.16. The van der Waals surface area contributed by atoms with E-state index in [1.165, 1.54) is 30.9 Å². The largest absolute Gasteiger partial charge is 0.314 e. The molecule has 1 heterocycles. The van der Waals surface area contributed by atoms with Crippen LogP contribution < -0.4 is 0 Å². The van der Waals surface area contributed by atoms with Crippen LogP contribution in [-0.2, 0) is 0 Å². The van der Waals surface area contributed by atoms with Gasteiger partial charge in [-0.2, -0.15) is 5.06 Å². The molecule has 0 aromatic carbocycles. The standard InChI is InChI=1S/C9H20N2O/c1-10-7-4-3-5-9(10)6-8-11(2)12/h9,12H,3-8H2,1-2H3. The summed E-state index contributed by atoms with van der Waals surface area (Å²) in [6.45, 7) is 2.01. The van der Waals surface area contributed by atoms with E-state index in [0.29, 0.717) is 6.04 Å². The van der Waals surface area contributed by atoms with E-state index in [1.807, 2.05) is 0 Å². The molecule has 1 aliphatic rings. The first-order valence-corrected chi connectivity index (χ1v) is 4.80. The lowest BCUT2D eigenvalue weighted by molar-refractivity contribution is -0.0701. The van der Waals surface area contributed by atoms with Crippen molar-refractivity contribution in [1.29, 1.82) is 0 Å². The molecule has 1 N–H and O–H groups in total. The topological polar surface area (TPSA) is 26.7 Å². The van der Waals surface area contributed by atoms with Gasteiger partial charge in [-0.3, -0.25) is 0 Å². The van der Waals surface area contributed by atoms with Crippen molar-refractivity contribution in [3.8, 4) is 0 Å². The van der Waals surface area contributed by atoms with Gasteiger partial charge in [-0.05, 0) is 32.9 Å². The smallest absolute Gasteiger partial charge is 0.0249 e. The SMILES string of the molecule is CN(O)CCC1CCCCN1C. The van der Waals surface area contributed by atoms with E-state index in [0.717, 1.165) is 13.0 Å². The maximum absolute atomic E-state index is 8.98. The Morgan fingerprint density at radius 3 is 2.83 bits per heavy atom. The molecule has 1 atom stereocenters. The van der Waals surface area contributed by atoms with Crippen molar-refractivity contribution >= 4 is 0 Å². The number of likely N-dealkylation sites (tertiary alicyclic amines) is 1. The van der Waals surface area contributed by atoms with Gasteiger partial charge in [-0.25, -0.2) is 0 Å². The third-order valence-electron chi connectivity index (χ3n) is 2.71. The van der Waals surface area contributed by atoms with Gasteiger partial charge in [-0.1, -0.05) is 6.42 Å². The second-order valence-corrected chi connectivity index (χ2v) is 3.80. The van der Waals surface area contributed by atoms with Gasteiger partial charge in [0.15, 0.2) is 0 Å². The molecular weight excluding hydrogens is 152 g/mol. The van der Waals surface area contributed by atoms with Crippen molar-refractivity contribution in [3.63, 3.8) is 0 Å². The Balaban J connectivity index is 2.20. The third-order valence-corrected chi connectivity index (χ3v) is 2.71. The summed E-state index contributed by atoms with van der Waals surface area (Å²) < 4.78 is 0. The van der Waals surface area contributed by atoms with Crippen molar-refractivity contribution < 1.29 is 5.21 Å². The van der Waals surface area contributed by atoms with Crippen molar-refractivity contribution in [3.05, 3.63) is 0 Å². The molecule has 0 spiro atoms. The number of piperidine rings is 1. The fraction of sp³-hybridized carbons (Fsp3) is 1.00. The lowest BCUT2D eigenvalue weighted by atomic mass is 10.0.